The van der Waals surface area contributed by atoms with Crippen molar-refractivity contribution >= 4 is 5.91 Å². The second-order valence-electron chi connectivity index (χ2n) is 6.10. The predicted molar refractivity (Wildman–Crippen MR) is 76.0 cm³/mol. The maximum Gasteiger partial charge on any atom is 0.254 e. The van der Waals surface area contributed by atoms with Crippen LogP contribution in [0.1, 0.15) is 29.6 Å². The van der Waals surface area contributed by atoms with Gasteiger partial charge in [-0.05, 0) is 56.5 Å². The molecule has 0 radical (unpaired) electrons. The second kappa shape index (κ2) is 5.72. The van der Waals surface area contributed by atoms with Gasteiger partial charge in [-0.25, -0.2) is 8.78 Å². The summed E-state index contributed by atoms with van der Waals surface area (Å²) in [6.07, 6.45) is 3.51. The zero-order valence-electron chi connectivity index (χ0n) is 12.2. The van der Waals surface area contributed by atoms with E-state index in [0.717, 1.165) is 44.6 Å². The normalized spacial score (nSPS) is 20.0. The fourth-order valence-electron chi connectivity index (χ4n) is 2.88. The first-order chi connectivity index (χ1) is 10.1. The van der Waals surface area contributed by atoms with Gasteiger partial charge in [0.15, 0.2) is 11.6 Å². The lowest BCUT2D eigenvalue weighted by Gasteiger charge is -2.38. The van der Waals surface area contributed by atoms with Gasteiger partial charge in [-0.3, -0.25) is 4.79 Å². The van der Waals surface area contributed by atoms with Crippen LogP contribution < -0.4 is 0 Å². The number of amides is 1. The van der Waals surface area contributed by atoms with Gasteiger partial charge in [-0.15, -0.1) is 0 Å². The van der Waals surface area contributed by atoms with Crippen LogP contribution in [0.2, 0.25) is 0 Å². The van der Waals surface area contributed by atoms with E-state index < -0.39 is 11.6 Å². The van der Waals surface area contributed by atoms with Gasteiger partial charge in [0.25, 0.3) is 5.91 Å². The minimum absolute atomic E-state index is 0.172. The average Bonchev–Trinajstić information content (AvgIpc) is 3.24. The fourth-order valence-corrected chi connectivity index (χ4v) is 2.88. The number of likely N-dealkylation sites (N-methyl/N-ethyl adjacent to an activating group) is 1. The van der Waals surface area contributed by atoms with Gasteiger partial charge in [0.1, 0.15) is 0 Å². The zero-order chi connectivity index (χ0) is 15.0. The van der Waals surface area contributed by atoms with Crippen molar-refractivity contribution in [2.24, 2.45) is 5.92 Å². The molecule has 1 aliphatic carbocycles. The summed E-state index contributed by atoms with van der Waals surface area (Å²) >= 11 is 0. The zero-order valence-corrected chi connectivity index (χ0v) is 12.2. The van der Waals surface area contributed by atoms with Crippen molar-refractivity contribution in [2.75, 3.05) is 26.7 Å². The highest BCUT2D eigenvalue weighted by Crippen LogP contribution is 2.36. The number of likely N-dealkylation sites (tertiary alicyclic amines) is 1. The van der Waals surface area contributed by atoms with E-state index in [1.807, 2.05) is 0 Å². The highest BCUT2D eigenvalue weighted by Gasteiger charge is 2.37. The van der Waals surface area contributed by atoms with Crippen LogP contribution in [0.4, 0.5) is 8.78 Å². The van der Waals surface area contributed by atoms with Crippen molar-refractivity contribution in [3.63, 3.8) is 0 Å². The molecule has 1 amide bonds. The van der Waals surface area contributed by atoms with E-state index >= 15 is 0 Å². The predicted octanol–water partition coefficient (Wildman–Crippen LogP) is 2.52. The lowest BCUT2D eigenvalue weighted by molar-refractivity contribution is 0.0607. The van der Waals surface area contributed by atoms with Crippen LogP contribution in [0, 0.1) is 17.6 Å². The van der Waals surface area contributed by atoms with Gasteiger partial charge in [0.2, 0.25) is 0 Å². The van der Waals surface area contributed by atoms with Crippen LogP contribution in [0.25, 0.3) is 0 Å². The first-order valence-corrected chi connectivity index (χ1v) is 7.51. The fraction of sp³-hybridized carbons (Fsp3) is 0.562. The van der Waals surface area contributed by atoms with E-state index in [0.29, 0.717) is 5.92 Å². The molecule has 0 bridgehead atoms. The van der Waals surface area contributed by atoms with Crippen molar-refractivity contribution in [3.8, 4) is 0 Å². The topological polar surface area (TPSA) is 23.6 Å². The molecular weight excluding hydrogens is 274 g/mol. The van der Waals surface area contributed by atoms with E-state index in [1.165, 1.54) is 12.5 Å². The Hall–Kier alpha value is -1.49. The van der Waals surface area contributed by atoms with E-state index in [1.54, 1.807) is 11.9 Å². The van der Waals surface area contributed by atoms with E-state index in [-0.39, 0.29) is 17.5 Å². The van der Waals surface area contributed by atoms with Crippen LogP contribution in [-0.4, -0.2) is 48.4 Å². The molecule has 21 heavy (non-hydrogen) atoms. The Morgan fingerprint density at radius 3 is 2.57 bits per heavy atom. The molecule has 1 saturated carbocycles. The first kappa shape index (κ1) is 14.4. The molecule has 0 N–H and O–H groups in total. The van der Waals surface area contributed by atoms with Gasteiger partial charge in [0.05, 0.1) is 0 Å². The third-order valence-corrected chi connectivity index (χ3v) is 4.54. The standard InChI is InChI=1S/C16H20F2N2O/c1-19(15(11-3-4-11)10-20-7-2-8-20)16(21)12-5-6-13(17)14(18)9-12/h5-6,9,11,15H,2-4,7-8,10H2,1H3/t15-/m1/s1. The molecule has 0 spiro atoms. The monoisotopic (exact) mass is 294 g/mol. The number of hydrogen-bond acceptors (Lipinski definition) is 2. The highest BCUT2D eigenvalue weighted by molar-refractivity contribution is 5.94. The lowest BCUT2D eigenvalue weighted by atomic mass is 10.1. The van der Waals surface area contributed by atoms with Gasteiger partial charge in [0, 0.05) is 25.2 Å². The van der Waals surface area contributed by atoms with Gasteiger partial charge in [-0.2, -0.15) is 0 Å². The summed E-state index contributed by atoms with van der Waals surface area (Å²) < 4.78 is 26.3. The molecule has 3 nitrogen and oxygen atoms in total. The van der Waals surface area contributed by atoms with Crippen molar-refractivity contribution in [2.45, 2.75) is 25.3 Å². The molecule has 1 aliphatic heterocycles. The highest BCUT2D eigenvalue weighted by atomic mass is 19.2. The number of halogens is 2. The SMILES string of the molecule is CN(C(=O)c1ccc(F)c(F)c1)[C@H](CN1CCC1)C1CC1. The van der Waals surface area contributed by atoms with Crippen LogP contribution in [0.15, 0.2) is 18.2 Å². The summed E-state index contributed by atoms with van der Waals surface area (Å²) in [7, 11) is 1.77. The van der Waals surface area contributed by atoms with Crippen LogP contribution in [0.5, 0.6) is 0 Å². The number of benzene rings is 1. The average molecular weight is 294 g/mol. The molecule has 0 aromatic heterocycles. The van der Waals surface area contributed by atoms with E-state index in [9.17, 15) is 13.6 Å². The number of hydrogen-bond donors (Lipinski definition) is 0. The Morgan fingerprint density at radius 2 is 2.05 bits per heavy atom. The largest absolute Gasteiger partial charge is 0.337 e. The summed E-state index contributed by atoms with van der Waals surface area (Å²) in [5.74, 6) is -1.58. The number of rotatable bonds is 5. The quantitative estimate of drug-likeness (QED) is 0.833. The van der Waals surface area contributed by atoms with E-state index in [2.05, 4.69) is 4.90 Å². The third kappa shape index (κ3) is 3.07. The van der Waals surface area contributed by atoms with Crippen molar-refractivity contribution < 1.29 is 13.6 Å². The Bertz CT molecular complexity index is 541. The molecule has 0 unspecified atom stereocenters. The molecule has 1 atom stereocenters. The Labute approximate surface area is 123 Å². The first-order valence-electron chi connectivity index (χ1n) is 7.51. The van der Waals surface area contributed by atoms with Gasteiger partial charge in [-0.1, -0.05) is 0 Å². The smallest absolute Gasteiger partial charge is 0.254 e. The van der Waals surface area contributed by atoms with Crippen LogP contribution in [0.3, 0.4) is 0 Å². The summed E-state index contributed by atoms with van der Waals surface area (Å²) in [6, 6.07) is 3.52. The van der Waals surface area contributed by atoms with Crippen LogP contribution >= 0.6 is 0 Å². The van der Waals surface area contributed by atoms with Crippen molar-refractivity contribution in [1.29, 1.82) is 0 Å². The third-order valence-electron chi connectivity index (χ3n) is 4.54. The molecule has 1 aromatic rings. The molecule has 1 saturated heterocycles. The molecule has 3 rings (SSSR count). The Morgan fingerprint density at radius 1 is 1.33 bits per heavy atom. The van der Waals surface area contributed by atoms with E-state index in [4.69, 9.17) is 0 Å². The van der Waals surface area contributed by atoms with Crippen LogP contribution in [-0.2, 0) is 0 Å². The molecular formula is C16H20F2N2O. The second-order valence-corrected chi connectivity index (χ2v) is 6.10. The molecule has 1 heterocycles. The summed E-state index contributed by atoms with van der Waals surface area (Å²) in [5.41, 5.74) is 0.214. The molecule has 5 heteroatoms. The lowest BCUT2D eigenvalue weighted by Crippen LogP contribution is -2.50. The maximum absolute atomic E-state index is 13.3. The van der Waals surface area contributed by atoms with Gasteiger partial charge >= 0.3 is 0 Å². The molecule has 114 valence electrons. The molecule has 2 aliphatic rings. The number of nitrogens with zero attached hydrogens (tertiary/aromatic N) is 2. The molecule has 2 fully saturated rings. The Balaban J connectivity index is 1.72. The summed E-state index contributed by atoms with van der Waals surface area (Å²) in [6.45, 7) is 3.07. The number of carbonyl (C=O) groups is 1. The summed E-state index contributed by atoms with van der Waals surface area (Å²) in [4.78, 5) is 16.5. The minimum Gasteiger partial charge on any atom is -0.337 e. The number of carbonyl (C=O) groups excluding carboxylic acids is 1. The Kier molecular flexibility index (Phi) is 3.93. The maximum atomic E-state index is 13.3. The molecule has 1 aromatic carbocycles. The minimum atomic E-state index is -0.972. The summed E-state index contributed by atoms with van der Waals surface area (Å²) in [5, 5.41) is 0. The van der Waals surface area contributed by atoms with Gasteiger partial charge < -0.3 is 9.80 Å². The van der Waals surface area contributed by atoms with Crippen molar-refractivity contribution in [3.05, 3.63) is 35.4 Å². The van der Waals surface area contributed by atoms with Crippen molar-refractivity contribution in [1.82, 2.24) is 9.80 Å².